The van der Waals surface area contributed by atoms with E-state index in [0.717, 1.165) is 18.5 Å². The fourth-order valence-electron chi connectivity index (χ4n) is 3.65. The van der Waals surface area contributed by atoms with Gasteiger partial charge in [-0.05, 0) is 42.2 Å². The molecule has 3 rings (SSSR count). The predicted molar refractivity (Wildman–Crippen MR) is 92.9 cm³/mol. The lowest BCUT2D eigenvalue weighted by Gasteiger charge is -2.42. The zero-order chi connectivity index (χ0) is 14.5. The standard InChI is InChI=1S/C18H28N2S/c1-2-17-12-19-18(16-6-4-3-5-7-16)14-20(17)13-15-8-10-21-11-9-15/h3-7,15,17-19H,2,8-14H2,1H3. The Hall–Kier alpha value is -0.510. The maximum atomic E-state index is 3.76. The Kier molecular flexibility index (Phi) is 5.61. The van der Waals surface area contributed by atoms with Gasteiger partial charge >= 0.3 is 0 Å². The fraction of sp³-hybridized carbons (Fsp3) is 0.667. The van der Waals surface area contributed by atoms with Crippen LogP contribution in [0.4, 0.5) is 0 Å². The van der Waals surface area contributed by atoms with Gasteiger partial charge in [-0.1, -0.05) is 37.3 Å². The third-order valence-electron chi connectivity index (χ3n) is 5.04. The summed E-state index contributed by atoms with van der Waals surface area (Å²) in [5.74, 6) is 3.67. The van der Waals surface area contributed by atoms with E-state index in [0.29, 0.717) is 6.04 Å². The minimum Gasteiger partial charge on any atom is -0.307 e. The zero-order valence-electron chi connectivity index (χ0n) is 13.1. The van der Waals surface area contributed by atoms with E-state index in [4.69, 9.17) is 0 Å². The molecule has 2 atom stereocenters. The van der Waals surface area contributed by atoms with Crippen molar-refractivity contribution in [1.82, 2.24) is 10.2 Å². The van der Waals surface area contributed by atoms with Crippen LogP contribution >= 0.6 is 11.8 Å². The van der Waals surface area contributed by atoms with Gasteiger partial charge in [0.2, 0.25) is 0 Å². The Morgan fingerprint density at radius 3 is 2.67 bits per heavy atom. The number of rotatable bonds is 4. The van der Waals surface area contributed by atoms with E-state index in [9.17, 15) is 0 Å². The van der Waals surface area contributed by atoms with E-state index in [-0.39, 0.29) is 0 Å². The van der Waals surface area contributed by atoms with E-state index >= 15 is 0 Å². The Balaban J connectivity index is 1.64. The van der Waals surface area contributed by atoms with E-state index in [1.54, 1.807) is 0 Å². The SMILES string of the molecule is CCC1CNC(c2ccccc2)CN1CC1CCSCC1. The van der Waals surface area contributed by atoms with Crippen molar-refractivity contribution < 1.29 is 0 Å². The number of hydrogen-bond donors (Lipinski definition) is 1. The Labute approximate surface area is 133 Å². The van der Waals surface area contributed by atoms with Crippen LogP contribution < -0.4 is 5.32 Å². The predicted octanol–water partition coefficient (Wildman–Crippen LogP) is 3.55. The summed E-state index contributed by atoms with van der Waals surface area (Å²) in [5.41, 5.74) is 1.44. The van der Waals surface area contributed by atoms with E-state index in [2.05, 4.69) is 59.2 Å². The lowest BCUT2D eigenvalue weighted by atomic mass is 9.96. The minimum absolute atomic E-state index is 0.506. The van der Waals surface area contributed by atoms with Crippen LogP contribution in [0.25, 0.3) is 0 Å². The van der Waals surface area contributed by atoms with Crippen molar-refractivity contribution in [2.75, 3.05) is 31.1 Å². The smallest absolute Gasteiger partial charge is 0.0449 e. The molecule has 0 aromatic heterocycles. The van der Waals surface area contributed by atoms with Gasteiger partial charge in [-0.3, -0.25) is 4.90 Å². The van der Waals surface area contributed by atoms with Gasteiger partial charge < -0.3 is 5.32 Å². The zero-order valence-corrected chi connectivity index (χ0v) is 13.9. The summed E-state index contributed by atoms with van der Waals surface area (Å²) in [6.07, 6.45) is 4.10. The Morgan fingerprint density at radius 1 is 1.19 bits per heavy atom. The van der Waals surface area contributed by atoms with Gasteiger partial charge in [-0.25, -0.2) is 0 Å². The second kappa shape index (κ2) is 7.66. The van der Waals surface area contributed by atoms with Crippen LogP contribution in [0.1, 0.15) is 37.8 Å². The van der Waals surface area contributed by atoms with Crippen LogP contribution in [-0.2, 0) is 0 Å². The Morgan fingerprint density at radius 2 is 1.95 bits per heavy atom. The highest BCUT2D eigenvalue weighted by atomic mass is 32.2. The molecule has 2 unspecified atom stereocenters. The Bertz CT molecular complexity index is 416. The molecule has 0 saturated carbocycles. The molecule has 0 aliphatic carbocycles. The van der Waals surface area contributed by atoms with Crippen LogP contribution in [-0.4, -0.2) is 42.1 Å². The van der Waals surface area contributed by atoms with Gasteiger partial charge in [0.05, 0.1) is 0 Å². The van der Waals surface area contributed by atoms with Crippen LogP contribution in [0.15, 0.2) is 30.3 Å². The van der Waals surface area contributed by atoms with Gasteiger partial charge in [-0.2, -0.15) is 11.8 Å². The van der Waals surface area contributed by atoms with Crippen molar-refractivity contribution >= 4 is 11.8 Å². The van der Waals surface area contributed by atoms with Crippen LogP contribution in [0.3, 0.4) is 0 Å². The number of nitrogens with one attached hydrogen (secondary N) is 1. The molecule has 0 spiro atoms. The maximum absolute atomic E-state index is 3.76. The summed E-state index contributed by atoms with van der Waals surface area (Å²) in [7, 11) is 0. The molecular formula is C18H28N2S. The topological polar surface area (TPSA) is 15.3 Å². The average Bonchev–Trinajstić information content (AvgIpc) is 2.56. The third-order valence-corrected chi connectivity index (χ3v) is 6.09. The summed E-state index contributed by atoms with van der Waals surface area (Å²) in [6.45, 7) is 5.95. The molecule has 1 aromatic carbocycles. The summed E-state index contributed by atoms with van der Waals surface area (Å²) in [6, 6.07) is 12.2. The molecule has 1 aromatic rings. The molecule has 3 heteroatoms. The quantitative estimate of drug-likeness (QED) is 0.916. The molecule has 1 N–H and O–H groups in total. The lowest BCUT2D eigenvalue weighted by molar-refractivity contribution is 0.104. The molecule has 0 radical (unpaired) electrons. The third kappa shape index (κ3) is 4.02. The van der Waals surface area contributed by atoms with Crippen molar-refractivity contribution in [3.8, 4) is 0 Å². The van der Waals surface area contributed by atoms with Crippen molar-refractivity contribution in [2.45, 2.75) is 38.3 Å². The first-order valence-electron chi connectivity index (χ1n) is 8.47. The second-order valence-electron chi connectivity index (χ2n) is 6.44. The van der Waals surface area contributed by atoms with Crippen molar-refractivity contribution in [2.24, 2.45) is 5.92 Å². The molecule has 2 aliphatic rings. The molecule has 2 heterocycles. The van der Waals surface area contributed by atoms with Gasteiger partial charge in [0, 0.05) is 31.7 Å². The molecule has 2 nitrogen and oxygen atoms in total. The van der Waals surface area contributed by atoms with E-state index < -0.39 is 0 Å². The van der Waals surface area contributed by atoms with E-state index in [1.165, 1.54) is 49.4 Å². The summed E-state index contributed by atoms with van der Waals surface area (Å²) < 4.78 is 0. The van der Waals surface area contributed by atoms with Gasteiger partial charge in [-0.15, -0.1) is 0 Å². The summed E-state index contributed by atoms with van der Waals surface area (Å²) in [5, 5.41) is 3.76. The van der Waals surface area contributed by atoms with Gasteiger partial charge in [0.15, 0.2) is 0 Å². The number of benzene rings is 1. The normalized spacial score (nSPS) is 28.6. The first-order chi connectivity index (χ1) is 10.4. The molecular weight excluding hydrogens is 276 g/mol. The molecule has 0 bridgehead atoms. The number of thioether (sulfide) groups is 1. The fourth-order valence-corrected chi connectivity index (χ4v) is 4.86. The maximum Gasteiger partial charge on any atom is 0.0449 e. The first kappa shape index (κ1) is 15.4. The largest absolute Gasteiger partial charge is 0.307 e. The van der Waals surface area contributed by atoms with Crippen LogP contribution in [0.5, 0.6) is 0 Å². The number of hydrogen-bond acceptors (Lipinski definition) is 3. The first-order valence-corrected chi connectivity index (χ1v) is 9.62. The molecule has 2 fully saturated rings. The highest BCUT2D eigenvalue weighted by Gasteiger charge is 2.29. The minimum atomic E-state index is 0.506. The monoisotopic (exact) mass is 304 g/mol. The highest BCUT2D eigenvalue weighted by molar-refractivity contribution is 7.99. The molecule has 21 heavy (non-hydrogen) atoms. The van der Waals surface area contributed by atoms with Crippen molar-refractivity contribution in [3.63, 3.8) is 0 Å². The van der Waals surface area contributed by atoms with Crippen LogP contribution in [0.2, 0.25) is 0 Å². The summed E-state index contributed by atoms with van der Waals surface area (Å²) >= 11 is 2.13. The lowest BCUT2D eigenvalue weighted by Crippen LogP contribution is -2.53. The van der Waals surface area contributed by atoms with Gasteiger partial charge in [0.25, 0.3) is 0 Å². The number of piperazine rings is 1. The molecule has 0 amide bonds. The van der Waals surface area contributed by atoms with Crippen molar-refractivity contribution in [1.29, 1.82) is 0 Å². The van der Waals surface area contributed by atoms with Crippen LogP contribution in [0, 0.1) is 5.92 Å². The van der Waals surface area contributed by atoms with Gasteiger partial charge in [0.1, 0.15) is 0 Å². The second-order valence-corrected chi connectivity index (χ2v) is 7.67. The molecule has 2 aliphatic heterocycles. The average molecular weight is 305 g/mol. The molecule has 2 saturated heterocycles. The number of nitrogens with zero attached hydrogens (tertiary/aromatic N) is 1. The summed E-state index contributed by atoms with van der Waals surface area (Å²) in [4.78, 5) is 2.77. The van der Waals surface area contributed by atoms with Crippen molar-refractivity contribution in [3.05, 3.63) is 35.9 Å². The van der Waals surface area contributed by atoms with E-state index in [1.807, 2.05) is 0 Å². The molecule has 116 valence electrons. The highest BCUT2D eigenvalue weighted by Crippen LogP contribution is 2.27.